The van der Waals surface area contributed by atoms with Gasteiger partial charge in [0, 0.05) is 12.7 Å². The zero-order chi connectivity index (χ0) is 12.9. The Morgan fingerprint density at radius 1 is 1.33 bits per heavy atom. The summed E-state index contributed by atoms with van der Waals surface area (Å²) in [6.07, 6.45) is 3.41. The number of ether oxygens (including phenoxy) is 1. The lowest BCUT2D eigenvalue weighted by Crippen LogP contribution is -2.35. The maximum absolute atomic E-state index is 5.42. The van der Waals surface area contributed by atoms with Crippen molar-refractivity contribution in [2.45, 2.75) is 12.6 Å². The SMILES string of the molecule is Cl.Cl.c1coc(CNc2ccnc(C3COCCN3)n2)c1. The molecule has 1 fully saturated rings. The molecule has 21 heavy (non-hydrogen) atoms. The molecule has 8 heteroatoms. The molecule has 116 valence electrons. The summed E-state index contributed by atoms with van der Waals surface area (Å²) in [4.78, 5) is 8.78. The summed E-state index contributed by atoms with van der Waals surface area (Å²) < 4.78 is 10.7. The molecule has 0 bridgehead atoms. The number of hydrogen-bond donors (Lipinski definition) is 2. The van der Waals surface area contributed by atoms with Crippen molar-refractivity contribution in [3.05, 3.63) is 42.2 Å². The highest BCUT2D eigenvalue weighted by Gasteiger charge is 2.17. The van der Waals surface area contributed by atoms with Crippen LogP contribution in [0, 0.1) is 0 Å². The van der Waals surface area contributed by atoms with Gasteiger partial charge in [-0.25, -0.2) is 9.97 Å². The first-order valence-corrected chi connectivity index (χ1v) is 6.32. The van der Waals surface area contributed by atoms with Gasteiger partial charge in [0.1, 0.15) is 17.4 Å². The minimum atomic E-state index is 0. The molecule has 1 atom stereocenters. The summed E-state index contributed by atoms with van der Waals surface area (Å²) in [6.45, 7) is 2.80. The zero-order valence-electron chi connectivity index (χ0n) is 11.3. The van der Waals surface area contributed by atoms with Crippen LogP contribution in [0.15, 0.2) is 35.1 Å². The number of nitrogens with one attached hydrogen (secondary N) is 2. The molecule has 2 aromatic heterocycles. The monoisotopic (exact) mass is 332 g/mol. The number of nitrogens with zero attached hydrogens (tertiary/aromatic N) is 2. The quantitative estimate of drug-likeness (QED) is 0.894. The first kappa shape index (κ1) is 17.7. The molecule has 0 saturated carbocycles. The van der Waals surface area contributed by atoms with Crippen LogP contribution in [-0.2, 0) is 11.3 Å². The van der Waals surface area contributed by atoms with Crippen molar-refractivity contribution in [2.24, 2.45) is 0 Å². The van der Waals surface area contributed by atoms with E-state index in [9.17, 15) is 0 Å². The van der Waals surface area contributed by atoms with Crippen LogP contribution in [0.25, 0.3) is 0 Å². The van der Waals surface area contributed by atoms with Crippen LogP contribution in [-0.4, -0.2) is 29.7 Å². The van der Waals surface area contributed by atoms with Gasteiger partial charge in [0.25, 0.3) is 0 Å². The number of halogens is 2. The summed E-state index contributed by atoms with van der Waals surface area (Å²) in [5.41, 5.74) is 0. The van der Waals surface area contributed by atoms with E-state index in [0.717, 1.165) is 30.6 Å². The van der Waals surface area contributed by atoms with Gasteiger partial charge >= 0.3 is 0 Å². The molecule has 1 saturated heterocycles. The van der Waals surface area contributed by atoms with E-state index in [0.29, 0.717) is 13.2 Å². The Morgan fingerprint density at radius 2 is 2.24 bits per heavy atom. The van der Waals surface area contributed by atoms with E-state index in [4.69, 9.17) is 9.15 Å². The Morgan fingerprint density at radius 3 is 2.95 bits per heavy atom. The number of rotatable bonds is 4. The number of hydrogen-bond acceptors (Lipinski definition) is 6. The topological polar surface area (TPSA) is 72.2 Å². The lowest BCUT2D eigenvalue weighted by molar-refractivity contribution is 0.0742. The molecule has 1 aliphatic heterocycles. The van der Waals surface area contributed by atoms with Crippen molar-refractivity contribution in [3.8, 4) is 0 Å². The molecule has 6 nitrogen and oxygen atoms in total. The smallest absolute Gasteiger partial charge is 0.149 e. The van der Waals surface area contributed by atoms with Gasteiger partial charge in [0.05, 0.1) is 32.1 Å². The van der Waals surface area contributed by atoms with Crippen molar-refractivity contribution in [1.82, 2.24) is 15.3 Å². The number of morpholine rings is 1. The van der Waals surface area contributed by atoms with Crippen LogP contribution >= 0.6 is 24.8 Å². The van der Waals surface area contributed by atoms with Gasteiger partial charge in [-0.15, -0.1) is 24.8 Å². The van der Waals surface area contributed by atoms with Crippen LogP contribution in [0.5, 0.6) is 0 Å². The largest absolute Gasteiger partial charge is 0.467 e. The molecule has 1 aliphatic rings. The Labute approximate surface area is 135 Å². The predicted molar refractivity (Wildman–Crippen MR) is 84.1 cm³/mol. The van der Waals surface area contributed by atoms with Gasteiger partial charge < -0.3 is 19.8 Å². The highest BCUT2D eigenvalue weighted by molar-refractivity contribution is 5.85. The minimum absolute atomic E-state index is 0. The lowest BCUT2D eigenvalue weighted by atomic mass is 10.2. The fourth-order valence-electron chi connectivity index (χ4n) is 1.96. The summed E-state index contributed by atoms with van der Waals surface area (Å²) in [7, 11) is 0. The Hall–Kier alpha value is -1.34. The normalized spacial score (nSPS) is 17.4. The molecular formula is C13H18Cl2N4O2. The second kappa shape index (κ2) is 8.84. The first-order chi connectivity index (χ1) is 9.42. The van der Waals surface area contributed by atoms with Gasteiger partial charge in [-0.05, 0) is 18.2 Å². The summed E-state index contributed by atoms with van der Waals surface area (Å²) >= 11 is 0. The van der Waals surface area contributed by atoms with Gasteiger partial charge in [-0.1, -0.05) is 0 Å². The Balaban J connectivity index is 0.00000110. The van der Waals surface area contributed by atoms with Crippen LogP contribution in [0.4, 0.5) is 5.82 Å². The molecule has 0 amide bonds. The minimum Gasteiger partial charge on any atom is -0.467 e. The third-order valence-electron chi connectivity index (χ3n) is 2.93. The molecule has 1 unspecified atom stereocenters. The van der Waals surface area contributed by atoms with Crippen LogP contribution < -0.4 is 10.6 Å². The summed E-state index contributed by atoms with van der Waals surface area (Å²) in [6, 6.07) is 5.70. The van der Waals surface area contributed by atoms with Gasteiger partial charge in [-0.3, -0.25) is 0 Å². The molecule has 3 rings (SSSR count). The van der Waals surface area contributed by atoms with Crippen LogP contribution in [0.1, 0.15) is 17.6 Å². The predicted octanol–water partition coefficient (Wildman–Crippen LogP) is 2.19. The highest BCUT2D eigenvalue weighted by Crippen LogP contribution is 2.13. The number of anilines is 1. The molecule has 3 heterocycles. The summed E-state index contributed by atoms with van der Waals surface area (Å²) in [5.74, 6) is 2.41. The third kappa shape index (κ3) is 4.86. The van der Waals surface area contributed by atoms with Crippen LogP contribution in [0.3, 0.4) is 0 Å². The average Bonchev–Trinajstić information content (AvgIpc) is 3.00. The van der Waals surface area contributed by atoms with Gasteiger partial charge in [0.15, 0.2) is 0 Å². The van der Waals surface area contributed by atoms with Crippen molar-refractivity contribution in [1.29, 1.82) is 0 Å². The highest BCUT2D eigenvalue weighted by atomic mass is 35.5. The molecule has 2 N–H and O–H groups in total. The second-order valence-corrected chi connectivity index (χ2v) is 4.31. The molecule has 2 aromatic rings. The van der Waals surface area contributed by atoms with E-state index >= 15 is 0 Å². The van der Waals surface area contributed by atoms with Crippen molar-refractivity contribution in [2.75, 3.05) is 25.1 Å². The van der Waals surface area contributed by atoms with E-state index < -0.39 is 0 Å². The molecule has 0 radical (unpaired) electrons. The lowest BCUT2D eigenvalue weighted by Gasteiger charge is -2.22. The Bertz CT molecular complexity index is 519. The molecule has 0 aromatic carbocycles. The molecule has 0 spiro atoms. The van der Waals surface area contributed by atoms with E-state index in [1.807, 2.05) is 18.2 Å². The number of furan rings is 1. The van der Waals surface area contributed by atoms with Gasteiger partial charge in [0.2, 0.25) is 0 Å². The van der Waals surface area contributed by atoms with Crippen molar-refractivity contribution in [3.63, 3.8) is 0 Å². The second-order valence-electron chi connectivity index (χ2n) is 4.31. The standard InChI is InChI=1S/C13H16N4O2.2ClH/c1-2-10(19-6-1)8-16-12-3-4-15-13(17-12)11-9-18-7-5-14-11;;/h1-4,6,11,14H,5,7-9H2,(H,15,16,17);2*1H. The summed E-state index contributed by atoms with van der Waals surface area (Å²) in [5, 5.41) is 6.55. The van der Waals surface area contributed by atoms with Crippen molar-refractivity contribution < 1.29 is 9.15 Å². The fourth-order valence-corrected chi connectivity index (χ4v) is 1.96. The Kier molecular flexibility index (Phi) is 7.45. The van der Waals surface area contributed by atoms with E-state index in [1.54, 1.807) is 12.5 Å². The van der Waals surface area contributed by atoms with E-state index in [2.05, 4.69) is 20.6 Å². The maximum atomic E-state index is 5.42. The number of aromatic nitrogens is 2. The van der Waals surface area contributed by atoms with E-state index in [-0.39, 0.29) is 30.9 Å². The molecular weight excluding hydrogens is 315 g/mol. The van der Waals surface area contributed by atoms with Crippen LogP contribution in [0.2, 0.25) is 0 Å². The van der Waals surface area contributed by atoms with Crippen molar-refractivity contribution >= 4 is 30.6 Å². The third-order valence-corrected chi connectivity index (χ3v) is 2.93. The maximum Gasteiger partial charge on any atom is 0.149 e. The van der Waals surface area contributed by atoms with Gasteiger partial charge in [-0.2, -0.15) is 0 Å². The zero-order valence-corrected chi connectivity index (χ0v) is 13.0. The molecule has 0 aliphatic carbocycles. The fraction of sp³-hybridized carbons (Fsp3) is 0.385. The first-order valence-electron chi connectivity index (χ1n) is 6.32. The van der Waals surface area contributed by atoms with E-state index in [1.165, 1.54) is 0 Å². The average molecular weight is 333 g/mol.